The Morgan fingerprint density at radius 2 is 2.00 bits per heavy atom. The molecule has 24 heavy (non-hydrogen) atoms. The molecule has 0 unspecified atom stereocenters. The summed E-state index contributed by atoms with van der Waals surface area (Å²) >= 11 is 0. The first-order valence-corrected chi connectivity index (χ1v) is 7.08. The summed E-state index contributed by atoms with van der Waals surface area (Å²) in [4.78, 5) is 8.31. The maximum Gasteiger partial charge on any atom is 0.573 e. The summed E-state index contributed by atoms with van der Waals surface area (Å²) in [5, 5.41) is 2.62. The van der Waals surface area contributed by atoms with E-state index in [0.29, 0.717) is 0 Å². The van der Waals surface area contributed by atoms with Crippen molar-refractivity contribution < 1.29 is 17.9 Å². The van der Waals surface area contributed by atoms with Crippen LogP contribution in [0.25, 0.3) is 0 Å². The number of halogens is 3. The van der Waals surface area contributed by atoms with Gasteiger partial charge in [0.2, 0.25) is 0 Å². The van der Waals surface area contributed by atoms with E-state index in [9.17, 15) is 13.2 Å². The Morgan fingerprint density at radius 1 is 1.29 bits per heavy atom. The van der Waals surface area contributed by atoms with Crippen molar-refractivity contribution in [1.82, 2.24) is 4.98 Å². The van der Waals surface area contributed by atoms with Crippen LogP contribution in [-0.2, 0) is 6.54 Å². The Hall–Kier alpha value is -2.77. The fourth-order valence-electron chi connectivity index (χ4n) is 2.02. The number of ether oxygens (including phenoxy) is 1. The Morgan fingerprint density at radius 3 is 2.67 bits per heavy atom. The fourth-order valence-corrected chi connectivity index (χ4v) is 2.02. The molecular formula is C16H17F3N4O. The third-order valence-electron chi connectivity index (χ3n) is 3.15. The number of para-hydroxylation sites is 2. The molecule has 8 heteroatoms. The van der Waals surface area contributed by atoms with Crippen LogP contribution in [0.2, 0.25) is 0 Å². The molecule has 0 spiro atoms. The molecule has 2 rings (SSSR count). The molecule has 0 radical (unpaired) electrons. The van der Waals surface area contributed by atoms with E-state index in [-0.39, 0.29) is 23.9 Å². The second-order valence-electron chi connectivity index (χ2n) is 5.12. The summed E-state index contributed by atoms with van der Waals surface area (Å²) in [6.45, 7) is 4.07. The summed E-state index contributed by atoms with van der Waals surface area (Å²) in [5.74, 6) is -0.399. The predicted octanol–water partition coefficient (Wildman–Crippen LogP) is 3.52. The van der Waals surface area contributed by atoms with E-state index in [2.05, 4.69) is 20.0 Å². The highest BCUT2D eigenvalue weighted by Gasteiger charge is 2.32. The first kappa shape index (κ1) is 17.6. The minimum absolute atomic E-state index is 0.0202. The van der Waals surface area contributed by atoms with Crippen molar-refractivity contribution in [2.24, 2.45) is 10.7 Å². The fraction of sp³-hybridized carbons (Fsp3) is 0.250. The summed E-state index contributed by atoms with van der Waals surface area (Å²) in [7, 11) is 0. The van der Waals surface area contributed by atoms with E-state index < -0.39 is 6.36 Å². The molecule has 128 valence electrons. The van der Waals surface area contributed by atoms with Gasteiger partial charge in [-0.3, -0.25) is 4.98 Å². The van der Waals surface area contributed by atoms with Crippen LogP contribution in [0, 0.1) is 13.8 Å². The van der Waals surface area contributed by atoms with Gasteiger partial charge in [0.15, 0.2) is 11.7 Å². The number of aromatic nitrogens is 1. The highest BCUT2D eigenvalue weighted by atomic mass is 19.4. The van der Waals surface area contributed by atoms with Gasteiger partial charge in [-0.2, -0.15) is 0 Å². The SMILES string of the molecule is Cc1cc(C)c(CN=C(N)Nc2ccccc2OC(F)(F)F)cn1. The van der Waals surface area contributed by atoms with Crippen molar-refractivity contribution in [3.8, 4) is 5.75 Å². The van der Waals surface area contributed by atoms with E-state index >= 15 is 0 Å². The van der Waals surface area contributed by atoms with Gasteiger partial charge in [0.1, 0.15) is 0 Å². The maximum atomic E-state index is 12.4. The van der Waals surface area contributed by atoms with Crippen molar-refractivity contribution in [3.05, 3.63) is 53.3 Å². The molecule has 0 aliphatic rings. The molecule has 0 saturated heterocycles. The third-order valence-corrected chi connectivity index (χ3v) is 3.15. The standard InChI is InChI=1S/C16H17F3N4O/c1-10-7-11(2)21-8-12(10)9-22-15(20)23-13-5-3-4-6-14(13)24-16(17,18)19/h3-8H,9H2,1-2H3,(H3,20,22,23). The number of hydrogen-bond donors (Lipinski definition) is 2. The van der Waals surface area contributed by atoms with Gasteiger partial charge in [-0.25, -0.2) is 4.99 Å². The van der Waals surface area contributed by atoms with Gasteiger partial charge in [0.05, 0.1) is 12.2 Å². The summed E-state index contributed by atoms with van der Waals surface area (Å²) in [6.07, 6.45) is -3.09. The normalized spacial score (nSPS) is 12.1. The molecular weight excluding hydrogens is 321 g/mol. The van der Waals surface area contributed by atoms with E-state index in [1.165, 1.54) is 18.2 Å². The molecule has 1 heterocycles. The number of pyridine rings is 1. The zero-order valence-electron chi connectivity index (χ0n) is 13.2. The molecule has 2 aromatic rings. The van der Waals surface area contributed by atoms with E-state index in [0.717, 1.165) is 16.8 Å². The van der Waals surface area contributed by atoms with Crippen LogP contribution < -0.4 is 15.8 Å². The second-order valence-corrected chi connectivity index (χ2v) is 5.12. The van der Waals surface area contributed by atoms with Crippen LogP contribution >= 0.6 is 0 Å². The molecule has 0 fully saturated rings. The Kier molecular flexibility index (Phi) is 5.28. The van der Waals surface area contributed by atoms with Crippen molar-refractivity contribution in [2.45, 2.75) is 26.8 Å². The average Bonchev–Trinajstić information content (AvgIpc) is 2.47. The first-order valence-electron chi connectivity index (χ1n) is 7.08. The van der Waals surface area contributed by atoms with Crippen molar-refractivity contribution in [1.29, 1.82) is 0 Å². The largest absolute Gasteiger partial charge is 0.573 e. The molecule has 3 N–H and O–H groups in total. The smallest absolute Gasteiger partial charge is 0.404 e. The average molecular weight is 338 g/mol. The zero-order chi connectivity index (χ0) is 17.7. The molecule has 1 aromatic heterocycles. The minimum atomic E-state index is -4.78. The number of nitrogens with zero attached hydrogens (tertiary/aromatic N) is 2. The minimum Gasteiger partial charge on any atom is -0.404 e. The molecule has 0 atom stereocenters. The molecule has 0 amide bonds. The molecule has 0 saturated carbocycles. The second kappa shape index (κ2) is 7.20. The number of anilines is 1. The summed E-state index contributed by atoms with van der Waals surface area (Å²) in [6, 6.07) is 7.52. The molecule has 0 bridgehead atoms. The van der Waals surface area contributed by atoms with Crippen molar-refractivity contribution in [2.75, 3.05) is 5.32 Å². The van der Waals surface area contributed by atoms with Gasteiger partial charge >= 0.3 is 6.36 Å². The number of guanidine groups is 1. The van der Waals surface area contributed by atoms with Gasteiger partial charge in [-0.05, 0) is 43.2 Å². The molecule has 5 nitrogen and oxygen atoms in total. The predicted molar refractivity (Wildman–Crippen MR) is 85.8 cm³/mol. The van der Waals surface area contributed by atoms with Crippen molar-refractivity contribution >= 4 is 11.6 Å². The number of aliphatic imine (C=N–C) groups is 1. The molecule has 1 aromatic carbocycles. The zero-order valence-corrected chi connectivity index (χ0v) is 13.2. The number of aryl methyl sites for hydroxylation is 2. The first-order chi connectivity index (χ1) is 11.2. The van der Waals surface area contributed by atoms with Gasteiger partial charge in [0, 0.05) is 11.9 Å². The summed E-state index contributed by atoms with van der Waals surface area (Å²) in [5.41, 5.74) is 8.61. The molecule has 0 aliphatic heterocycles. The highest BCUT2D eigenvalue weighted by Crippen LogP contribution is 2.29. The molecule has 0 aliphatic carbocycles. The summed E-state index contributed by atoms with van der Waals surface area (Å²) < 4.78 is 41.1. The van der Waals surface area contributed by atoms with E-state index in [1.807, 2.05) is 19.9 Å². The van der Waals surface area contributed by atoms with Crippen LogP contribution in [0.1, 0.15) is 16.8 Å². The number of alkyl halides is 3. The van der Waals surface area contributed by atoms with Gasteiger partial charge in [0.25, 0.3) is 0 Å². The quantitative estimate of drug-likeness (QED) is 0.661. The lowest BCUT2D eigenvalue weighted by Gasteiger charge is -2.14. The Labute approximate surface area is 137 Å². The van der Waals surface area contributed by atoms with E-state index in [1.54, 1.807) is 12.3 Å². The van der Waals surface area contributed by atoms with Crippen LogP contribution in [0.15, 0.2) is 41.5 Å². The number of rotatable bonds is 4. The Balaban J connectivity index is 2.10. The topological polar surface area (TPSA) is 72.5 Å². The lowest BCUT2D eigenvalue weighted by Crippen LogP contribution is -2.24. The third kappa shape index (κ3) is 5.15. The van der Waals surface area contributed by atoms with Crippen LogP contribution in [-0.4, -0.2) is 17.3 Å². The monoisotopic (exact) mass is 338 g/mol. The lowest BCUT2D eigenvalue weighted by molar-refractivity contribution is -0.274. The maximum absolute atomic E-state index is 12.4. The van der Waals surface area contributed by atoms with Gasteiger partial charge in [-0.15, -0.1) is 13.2 Å². The Bertz CT molecular complexity index is 744. The lowest BCUT2D eigenvalue weighted by atomic mass is 10.1. The highest BCUT2D eigenvalue weighted by molar-refractivity contribution is 5.93. The van der Waals surface area contributed by atoms with Crippen LogP contribution in [0.3, 0.4) is 0 Å². The van der Waals surface area contributed by atoms with Crippen LogP contribution in [0.4, 0.5) is 18.9 Å². The van der Waals surface area contributed by atoms with Crippen LogP contribution in [0.5, 0.6) is 5.75 Å². The van der Waals surface area contributed by atoms with Gasteiger partial charge in [-0.1, -0.05) is 12.1 Å². The number of nitrogens with one attached hydrogen (secondary N) is 1. The number of benzene rings is 1. The number of nitrogens with two attached hydrogens (primary N) is 1. The number of hydrogen-bond acceptors (Lipinski definition) is 3. The van der Waals surface area contributed by atoms with Crippen molar-refractivity contribution in [3.63, 3.8) is 0 Å². The van der Waals surface area contributed by atoms with Gasteiger partial charge < -0.3 is 15.8 Å². The van der Waals surface area contributed by atoms with E-state index in [4.69, 9.17) is 5.73 Å².